The van der Waals surface area contributed by atoms with E-state index in [4.69, 9.17) is 4.74 Å². The van der Waals surface area contributed by atoms with E-state index in [1.165, 1.54) is 4.31 Å². The molecule has 1 saturated heterocycles. The molecule has 0 unspecified atom stereocenters. The minimum absolute atomic E-state index is 0.170. The lowest BCUT2D eigenvalue weighted by molar-refractivity contribution is -0.133. The van der Waals surface area contributed by atoms with Crippen LogP contribution >= 0.6 is 0 Å². The van der Waals surface area contributed by atoms with Crippen molar-refractivity contribution in [3.63, 3.8) is 0 Å². The first-order chi connectivity index (χ1) is 10.8. The molecule has 0 spiro atoms. The number of carbonyl (C=O) groups excluding carboxylic acids is 1. The van der Waals surface area contributed by atoms with Crippen LogP contribution in [0.1, 0.15) is 18.1 Å². The van der Waals surface area contributed by atoms with Gasteiger partial charge in [-0.05, 0) is 24.5 Å². The number of rotatable bonds is 5. The van der Waals surface area contributed by atoms with E-state index in [0.29, 0.717) is 38.4 Å². The number of hydrogen-bond donors (Lipinski definition) is 0. The van der Waals surface area contributed by atoms with Crippen molar-refractivity contribution in [2.24, 2.45) is 0 Å². The maximum Gasteiger partial charge on any atom is 0.243 e. The predicted molar refractivity (Wildman–Crippen MR) is 90.1 cm³/mol. The second-order valence-electron chi connectivity index (χ2n) is 5.70. The van der Waals surface area contributed by atoms with Gasteiger partial charge in [0.05, 0.1) is 25.2 Å². The van der Waals surface area contributed by atoms with E-state index in [-0.39, 0.29) is 12.5 Å². The first-order valence-electron chi connectivity index (χ1n) is 7.76. The number of hydrogen-bond acceptors (Lipinski definition) is 4. The van der Waals surface area contributed by atoms with Crippen LogP contribution in [0.4, 0.5) is 5.69 Å². The Morgan fingerprint density at radius 3 is 2.52 bits per heavy atom. The molecule has 0 saturated carbocycles. The van der Waals surface area contributed by atoms with Crippen molar-refractivity contribution in [2.75, 3.05) is 43.4 Å². The fraction of sp³-hybridized carbons (Fsp3) is 0.562. The molecule has 1 fully saturated rings. The van der Waals surface area contributed by atoms with Crippen LogP contribution in [-0.4, -0.2) is 58.3 Å². The molecule has 0 atom stereocenters. The van der Waals surface area contributed by atoms with Crippen LogP contribution in [0.5, 0.6) is 0 Å². The van der Waals surface area contributed by atoms with Gasteiger partial charge in [-0.25, -0.2) is 8.42 Å². The number of aryl methyl sites for hydroxylation is 2. The van der Waals surface area contributed by atoms with E-state index in [0.717, 1.165) is 17.4 Å². The Morgan fingerprint density at radius 1 is 1.30 bits per heavy atom. The van der Waals surface area contributed by atoms with Gasteiger partial charge < -0.3 is 9.64 Å². The number of benzene rings is 1. The molecule has 0 N–H and O–H groups in total. The second kappa shape index (κ2) is 7.31. The van der Waals surface area contributed by atoms with Gasteiger partial charge in [-0.15, -0.1) is 0 Å². The number of sulfonamides is 1. The van der Waals surface area contributed by atoms with Gasteiger partial charge >= 0.3 is 0 Å². The molecule has 1 amide bonds. The number of nitrogens with zero attached hydrogens (tertiary/aromatic N) is 2. The fourth-order valence-corrected chi connectivity index (χ4v) is 3.70. The Hall–Kier alpha value is -1.60. The summed E-state index contributed by atoms with van der Waals surface area (Å²) in [4.78, 5) is 14.2. The zero-order valence-electron chi connectivity index (χ0n) is 13.9. The minimum Gasteiger partial charge on any atom is -0.378 e. The lowest BCUT2D eigenvalue weighted by atomic mass is 10.1. The minimum atomic E-state index is -3.55. The van der Waals surface area contributed by atoms with Crippen molar-refractivity contribution in [3.05, 3.63) is 29.3 Å². The maximum atomic E-state index is 12.5. The quantitative estimate of drug-likeness (QED) is 0.807. The standard InChI is InChI=1S/C16H24N2O4S/c1-4-14-7-5-6-13(2)16(14)18(23(3,20)21)12-15(19)17-8-10-22-11-9-17/h5-7H,4,8-12H2,1-3H3. The van der Waals surface area contributed by atoms with Crippen molar-refractivity contribution in [2.45, 2.75) is 20.3 Å². The Balaban J connectivity index is 2.34. The highest BCUT2D eigenvalue weighted by molar-refractivity contribution is 7.92. The molecule has 23 heavy (non-hydrogen) atoms. The van der Waals surface area contributed by atoms with Crippen LogP contribution in [0.15, 0.2) is 18.2 Å². The van der Waals surface area contributed by atoms with Crippen molar-refractivity contribution in [3.8, 4) is 0 Å². The monoisotopic (exact) mass is 340 g/mol. The molecular weight excluding hydrogens is 316 g/mol. The molecule has 128 valence electrons. The van der Waals surface area contributed by atoms with E-state index in [1.54, 1.807) is 4.90 Å². The molecular formula is C16H24N2O4S. The normalized spacial score (nSPS) is 15.5. The zero-order chi connectivity index (χ0) is 17.0. The first-order valence-corrected chi connectivity index (χ1v) is 9.61. The van der Waals surface area contributed by atoms with Gasteiger partial charge in [0.25, 0.3) is 0 Å². The molecule has 1 heterocycles. The molecule has 0 aromatic heterocycles. The highest BCUT2D eigenvalue weighted by Gasteiger charge is 2.27. The highest BCUT2D eigenvalue weighted by Crippen LogP contribution is 2.28. The summed E-state index contributed by atoms with van der Waals surface area (Å²) in [5, 5.41) is 0. The second-order valence-corrected chi connectivity index (χ2v) is 7.61. The highest BCUT2D eigenvalue weighted by atomic mass is 32.2. The first kappa shape index (κ1) is 17.7. The van der Waals surface area contributed by atoms with E-state index in [9.17, 15) is 13.2 Å². The summed E-state index contributed by atoms with van der Waals surface area (Å²) in [6.45, 7) is 5.67. The number of morpholine rings is 1. The van der Waals surface area contributed by atoms with Crippen LogP contribution in [0.25, 0.3) is 0 Å². The van der Waals surface area contributed by atoms with Gasteiger partial charge in [-0.1, -0.05) is 25.1 Å². The van der Waals surface area contributed by atoms with Crippen LogP contribution in [-0.2, 0) is 26.0 Å². The Kier molecular flexibility index (Phi) is 5.64. The molecule has 7 heteroatoms. The third-order valence-corrected chi connectivity index (χ3v) is 5.11. The Bertz CT molecular complexity index is 667. The van der Waals surface area contributed by atoms with Crippen LogP contribution in [0, 0.1) is 6.92 Å². The molecule has 2 rings (SSSR count). The molecule has 0 radical (unpaired) electrons. The fourth-order valence-electron chi connectivity index (χ4n) is 2.76. The molecule has 6 nitrogen and oxygen atoms in total. The summed E-state index contributed by atoms with van der Waals surface area (Å²) in [6, 6.07) is 5.67. The van der Waals surface area contributed by atoms with E-state index in [2.05, 4.69) is 0 Å². The third-order valence-electron chi connectivity index (χ3n) is 3.99. The van der Waals surface area contributed by atoms with Gasteiger partial charge in [-0.2, -0.15) is 0 Å². The van der Waals surface area contributed by atoms with E-state index < -0.39 is 10.0 Å². The zero-order valence-corrected chi connectivity index (χ0v) is 14.7. The summed E-state index contributed by atoms with van der Waals surface area (Å²) in [5.41, 5.74) is 2.40. The van der Waals surface area contributed by atoms with Gasteiger partial charge in [0.1, 0.15) is 6.54 Å². The largest absolute Gasteiger partial charge is 0.378 e. The number of amides is 1. The summed E-state index contributed by atoms with van der Waals surface area (Å²) in [7, 11) is -3.55. The van der Waals surface area contributed by atoms with Crippen molar-refractivity contribution in [1.29, 1.82) is 0 Å². The van der Waals surface area contributed by atoms with Crippen molar-refractivity contribution >= 4 is 21.6 Å². The van der Waals surface area contributed by atoms with Crippen molar-refractivity contribution < 1.29 is 17.9 Å². The summed E-state index contributed by atoms with van der Waals surface area (Å²) in [5.74, 6) is -0.191. The van der Waals surface area contributed by atoms with Crippen LogP contribution < -0.4 is 4.31 Å². The van der Waals surface area contributed by atoms with E-state index >= 15 is 0 Å². The average molecular weight is 340 g/mol. The maximum absolute atomic E-state index is 12.5. The van der Waals surface area contributed by atoms with Crippen LogP contribution in [0.3, 0.4) is 0 Å². The summed E-state index contributed by atoms with van der Waals surface area (Å²) >= 11 is 0. The smallest absolute Gasteiger partial charge is 0.243 e. The topological polar surface area (TPSA) is 66.9 Å². The SMILES string of the molecule is CCc1cccc(C)c1N(CC(=O)N1CCOCC1)S(C)(=O)=O. The molecule has 0 aliphatic carbocycles. The molecule has 1 aromatic carbocycles. The Morgan fingerprint density at radius 2 is 1.96 bits per heavy atom. The van der Waals surface area contributed by atoms with Gasteiger partial charge in [0.15, 0.2) is 0 Å². The van der Waals surface area contributed by atoms with Gasteiger partial charge in [0, 0.05) is 13.1 Å². The van der Waals surface area contributed by atoms with Gasteiger partial charge in [0.2, 0.25) is 15.9 Å². The molecule has 1 aliphatic heterocycles. The van der Waals surface area contributed by atoms with E-state index in [1.807, 2.05) is 32.0 Å². The summed E-state index contributed by atoms with van der Waals surface area (Å²) < 4.78 is 31.1. The molecule has 0 bridgehead atoms. The lowest BCUT2D eigenvalue weighted by Crippen LogP contribution is -2.47. The van der Waals surface area contributed by atoms with Gasteiger partial charge in [-0.3, -0.25) is 9.10 Å². The number of anilines is 1. The van der Waals surface area contributed by atoms with Crippen LogP contribution in [0.2, 0.25) is 0 Å². The number of ether oxygens (including phenoxy) is 1. The number of carbonyl (C=O) groups is 1. The molecule has 1 aliphatic rings. The number of para-hydroxylation sites is 1. The lowest BCUT2D eigenvalue weighted by Gasteiger charge is -2.31. The third kappa shape index (κ3) is 4.23. The molecule has 1 aromatic rings. The average Bonchev–Trinajstić information content (AvgIpc) is 2.52. The predicted octanol–water partition coefficient (Wildman–Crippen LogP) is 1.18. The summed E-state index contributed by atoms with van der Waals surface area (Å²) in [6.07, 6.45) is 1.85. The van der Waals surface area contributed by atoms with Crippen molar-refractivity contribution in [1.82, 2.24) is 4.90 Å². The Labute approximate surface area is 138 Å².